The van der Waals surface area contributed by atoms with Crippen molar-refractivity contribution in [1.29, 1.82) is 0 Å². The summed E-state index contributed by atoms with van der Waals surface area (Å²) in [6, 6.07) is 9.23. The average molecular weight is 264 g/mol. The van der Waals surface area contributed by atoms with Crippen LogP contribution in [-0.2, 0) is 6.54 Å². The molecule has 0 aliphatic carbocycles. The third-order valence-electron chi connectivity index (χ3n) is 2.22. The standard InChI is InChI=1S/C10H9BF3N2.K/c12-11(13,14)10-6-15-16(8-10)7-9-4-2-1-3-5-9;/h1-6,8H,7H2;/q-1;+1. The van der Waals surface area contributed by atoms with Crippen LogP contribution in [0.1, 0.15) is 5.56 Å². The van der Waals surface area contributed by atoms with Gasteiger partial charge in [0.05, 0.1) is 6.54 Å². The molecule has 2 aromatic rings. The molecule has 1 aromatic heterocycles. The Labute approximate surface area is 140 Å². The fraction of sp³-hybridized carbons (Fsp3) is 0.100. The van der Waals surface area contributed by atoms with Gasteiger partial charge in [0.25, 0.3) is 0 Å². The molecule has 0 bridgehead atoms. The maximum Gasteiger partial charge on any atom is 1.00 e. The van der Waals surface area contributed by atoms with Crippen LogP contribution in [0.3, 0.4) is 0 Å². The van der Waals surface area contributed by atoms with Gasteiger partial charge in [-0.25, -0.2) is 0 Å². The van der Waals surface area contributed by atoms with Crippen molar-refractivity contribution >= 4 is 12.4 Å². The molecule has 0 saturated carbocycles. The second-order valence-electron chi connectivity index (χ2n) is 3.53. The third kappa shape index (κ3) is 4.26. The molecule has 2 rings (SSSR count). The van der Waals surface area contributed by atoms with E-state index in [4.69, 9.17) is 0 Å². The van der Waals surface area contributed by atoms with Gasteiger partial charge in [0.2, 0.25) is 0 Å². The Bertz CT molecular complexity index is 470. The van der Waals surface area contributed by atoms with Crippen molar-refractivity contribution in [3.8, 4) is 0 Å². The SMILES string of the molecule is F[B-](F)(F)c1cnn(Cc2ccccc2)c1.[K+]. The Morgan fingerprint density at radius 3 is 2.29 bits per heavy atom. The Morgan fingerprint density at radius 1 is 1.12 bits per heavy atom. The van der Waals surface area contributed by atoms with Crippen LogP contribution in [0.4, 0.5) is 12.9 Å². The van der Waals surface area contributed by atoms with E-state index in [2.05, 4.69) is 5.10 Å². The monoisotopic (exact) mass is 264 g/mol. The minimum atomic E-state index is -4.95. The van der Waals surface area contributed by atoms with Crippen LogP contribution in [0.15, 0.2) is 42.7 Å². The second kappa shape index (κ2) is 6.19. The fourth-order valence-electron chi connectivity index (χ4n) is 1.41. The first-order chi connectivity index (χ1) is 7.55. The molecule has 0 amide bonds. The summed E-state index contributed by atoms with van der Waals surface area (Å²) in [6.07, 6.45) is 1.90. The van der Waals surface area contributed by atoms with Crippen LogP contribution in [0, 0.1) is 0 Å². The minimum absolute atomic E-state index is 0. The number of hydrogen-bond donors (Lipinski definition) is 0. The van der Waals surface area contributed by atoms with E-state index >= 15 is 0 Å². The summed E-state index contributed by atoms with van der Waals surface area (Å²) in [6.45, 7) is -4.60. The van der Waals surface area contributed by atoms with Gasteiger partial charge in [-0.15, -0.1) is 0 Å². The predicted octanol–water partition coefficient (Wildman–Crippen LogP) is -1.01. The van der Waals surface area contributed by atoms with E-state index in [1.165, 1.54) is 4.68 Å². The van der Waals surface area contributed by atoms with Gasteiger partial charge < -0.3 is 12.9 Å². The molecule has 7 heteroatoms. The zero-order chi connectivity index (χ0) is 11.6. The van der Waals surface area contributed by atoms with E-state index in [-0.39, 0.29) is 51.4 Å². The second-order valence-corrected chi connectivity index (χ2v) is 3.53. The first kappa shape index (κ1) is 15.0. The largest absolute Gasteiger partial charge is 1.00 e. The number of halogens is 3. The van der Waals surface area contributed by atoms with E-state index in [1.807, 2.05) is 30.3 Å². The summed E-state index contributed by atoms with van der Waals surface area (Å²) < 4.78 is 38.3. The van der Waals surface area contributed by atoms with Crippen LogP contribution in [0.2, 0.25) is 0 Å². The summed E-state index contributed by atoms with van der Waals surface area (Å²) in [5.74, 6) is 0. The molecular formula is C10H9BF3KN2. The van der Waals surface area contributed by atoms with Gasteiger partial charge >= 0.3 is 58.4 Å². The first-order valence-electron chi connectivity index (χ1n) is 4.82. The van der Waals surface area contributed by atoms with Crippen molar-refractivity contribution in [2.24, 2.45) is 0 Å². The molecule has 0 unspecified atom stereocenters. The molecule has 1 aromatic carbocycles. The molecule has 0 spiro atoms. The summed E-state index contributed by atoms with van der Waals surface area (Å²) in [5, 5.41) is 3.69. The van der Waals surface area contributed by atoms with E-state index in [0.717, 1.165) is 18.0 Å². The molecule has 0 aliphatic rings. The van der Waals surface area contributed by atoms with E-state index in [9.17, 15) is 12.9 Å². The third-order valence-corrected chi connectivity index (χ3v) is 2.22. The van der Waals surface area contributed by atoms with Gasteiger partial charge in [-0.1, -0.05) is 35.8 Å². The van der Waals surface area contributed by atoms with Crippen LogP contribution in [0.5, 0.6) is 0 Å². The molecule has 0 N–H and O–H groups in total. The maximum absolute atomic E-state index is 12.3. The van der Waals surface area contributed by atoms with Gasteiger partial charge in [0, 0.05) is 6.20 Å². The topological polar surface area (TPSA) is 17.8 Å². The van der Waals surface area contributed by atoms with Crippen LogP contribution < -0.4 is 56.8 Å². The number of benzene rings is 1. The van der Waals surface area contributed by atoms with E-state index < -0.39 is 12.4 Å². The number of aromatic nitrogens is 2. The van der Waals surface area contributed by atoms with Gasteiger partial charge in [-0.3, -0.25) is 4.68 Å². The van der Waals surface area contributed by atoms with Crippen molar-refractivity contribution in [3.05, 3.63) is 48.3 Å². The Balaban J connectivity index is 0.00000144. The summed E-state index contributed by atoms with van der Waals surface area (Å²) in [4.78, 5) is 0. The molecule has 0 atom stereocenters. The predicted molar refractivity (Wildman–Crippen MR) is 56.5 cm³/mol. The molecule has 0 fully saturated rings. The smallest absolute Gasteiger partial charge is 0.445 e. The molecule has 17 heavy (non-hydrogen) atoms. The van der Waals surface area contributed by atoms with Gasteiger partial charge in [-0.2, -0.15) is 5.10 Å². The Hall–Kier alpha value is -0.0787. The van der Waals surface area contributed by atoms with Gasteiger partial charge in [0.1, 0.15) is 0 Å². The van der Waals surface area contributed by atoms with Crippen molar-refractivity contribution < 1.29 is 64.3 Å². The normalized spacial score (nSPS) is 11.0. The van der Waals surface area contributed by atoms with Crippen molar-refractivity contribution in [1.82, 2.24) is 9.78 Å². The number of nitrogens with zero attached hydrogens (tertiary/aromatic N) is 2. The van der Waals surface area contributed by atoms with Crippen molar-refractivity contribution in [2.75, 3.05) is 0 Å². The van der Waals surface area contributed by atoms with Crippen LogP contribution >= 0.6 is 0 Å². The first-order valence-corrected chi connectivity index (χ1v) is 4.82. The summed E-state index contributed by atoms with van der Waals surface area (Å²) in [5.41, 5.74) is 0.266. The Morgan fingerprint density at radius 2 is 1.76 bits per heavy atom. The van der Waals surface area contributed by atoms with Crippen molar-refractivity contribution in [2.45, 2.75) is 6.54 Å². The molecule has 0 aliphatic heterocycles. The zero-order valence-corrected chi connectivity index (χ0v) is 12.5. The molecule has 84 valence electrons. The summed E-state index contributed by atoms with van der Waals surface area (Å²) in [7, 11) is 0. The quantitative estimate of drug-likeness (QED) is 0.650. The zero-order valence-electron chi connectivity index (χ0n) is 9.35. The van der Waals surface area contributed by atoms with Crippen molar-refractivity contribution in [3.63, 3.8) is 0 Å². The van der Waals surface area contributed by atoms with Crippen LogP contribution in [0.25, 0.3) is 0 Å². The number of hydrogen-bond acceptors (Lipinski definition) is 1. The maximum atomic E-state index is 12.3. The van der Waals surface area contributed by atoms with E-state index in [1.54, 1.807) is 0 Å². The van der Waals surface area contributed by atoms with E-state index in [0.29, 0.717) is 6.54 Å². The van der Waals surface area contributed by atoms with Gasteiger partial charge in [-0.05, 0) is 11.8 Å². The van der Waals surface area contributed by atoms with Gasteiger partial charge in [0.15, 0.2) is 0 Å². The molecule has 0 saturated heterocycles. The van der Waals surface area contributed by atoms with Crippen LogP contribution in [-0.4, -0.2) is 16.8 Å². The molecule has 2 nitrogen and oxygen atoms in total. The number of rotatable bonds is 3. The average Bonchev–Trinajstić information content (AvgIpc) is 2.67. The Kier molecular flexibility index (Phi) is 5.46. The molecule has 0 radical (unpaired) electrons. The minimum Gasteiger partial charge on any atom is -0.445 e. The molecule has 1 heterocycles. The molecular weight excluding hydrogens is 255 g/mol. The fourth-order valence-corrected chi connectivity index (χ4v) is 1.41. The summed E-state index contributed by atoms with van der Waals surface area (Å²) >= 11 is 0.